The first kappa shape index (κ1) is 27.2. The Morgan fingerprint density at radius 2 is 1.84 bits per heavy atom. The van der Waals surface area contributed by atoms with E-state index >= 15 is 0 Å². The van der Waals surface area contributed by atoms with Crippen LogP contribution in [0.3, 0.4) is 0 Å². The Morgan fingerprint density at radius 3 is 2.41 bits per heavy atom. The third kappa shape index (κ3) is 7.76. The lowest BCUT2D eigenvalue weighted by Gasteiger charge is -2.20. The van der Waals surface area contributed by atoms with Gasteiger partial charge in [0.15, 0.2) is 0 Å². The Bertz CT molecular complexity index is 1060. The van der Waals surface area contributed by atoms with Crippen molar-refractivity contribution in [1.29, 1.82) is 0 Å². The summed E-state index contributed by atoms with van der Waals surface area (Å²) in [6.45, 7) is 0.807. The van der Waals surface area contributed by atoms with E-state index in [0.29, 0.717) is 6.42 Å². The standard InChI is InChI=1S/C11H20N3O15P3/c1-2-6-4-14(11(16)13-10(6)15)9-3-7(26-27-12)8(25-9)5-24-31(20,21)29-32(22,23)28-30(17,18)19/h4,7-9H,2-3,5,12H2,1H3,(H,20,21)(H,22,23)(H,13,15,16)(H2,17,18,19)/t7-,8+,9+/m0/s1. The first-order valence-electron chi connectivity index (χ1n) is 8.46. The molecule has 2 unspecified atom stereocenters. The number of hydrogen-bond acceptors (Lipinski definition) is 12. The van der Waals surface area contributed by atoms with E-state index in [1.54, 1.807) is 6.92 Å². The third-order valence-electron chi connectivity index (χ3n) is 3.91. The third-order valence-corrected chi connectivity index (χ3v) is 7.71. The molecule has 0 aromatic carbocycles. The van der Waals surface area contributed by atoms with Gasteiger partial charge in [0.2, 0.25) is 0 Å². The zero-order valence-corrected chi connectivity index (χ0v) is 18.8. The number of ether oxygens (including phenoxy) is 1. The van der Waals surface area contributed by atoms with Crippen molar-refractivity contribution in [2.24, 2.45) is 5.90 Å². The topological polar surface area (TPSA) is 268 Å². The van der Waals surface area contributed by atoms with Crippen LogP contribution in [0, 0.1) is 0 Å². The average molecular weight is 527 g/mol. The van der Waals surface area contributed by atoms with Crippen molar-refractivity contribution in [3.63, 3.8) is 0 Å². The van der Waals surface area contributed by atoms with Crippen molar-refractivity contribution < 1.29 is 61.0 Å². The molecular weight excluding hydrogens is 507 g/mol. The van der Waals surface area contributed by atoms with Gasteiger partial charge in [-0.2, -0.15) is 14.5 Å². The molecule has 0 radical (unpaired) electrons. The van der Waals surface area contributed by atoms with Gasteiger partial charge in [0.05, 0.1) is 6.61 Å². The maximum atomic E-state index is 12.1. The second-order valence-electron chi connectivity index (χ2n) is 6.16. The summed E-state index contributed by atoms with van der Waals surface area (Å²) in [7, 11) is -16.7. The number of hydrogen-bond donors (Lipinski definition) is 6. The second-order valence-corrected chi connectivity index (χ2v) is 10.6. The van der Waals surface area contributed by atoms with Crippen molar-refractivity contribution in [2.75, 3.05) is 6.61 Å². The van der Waals surface area contributed by atoms with Gasteiger partial charge in [-0.1, -0.05) is 6.92 Å². The Morgan fingerprint density at radius 1 is 1.19 bits per heavy atom. The normalized spacial score (nSPS) is 25.4. The molecule has 2 heterocycles. The van der Waals surface area contributed by atoms with Crippen LogP contribution < -0.4 is 17.1 Å². The summed E-state index contributed by atoms with van der Waals surface area (Å²) in [6.07, 6.45) is -2.00. The smallest absolute Gasteiger partial charge is 0.349 e. The highest BCUT2D eigenvalue weighted by Gasteiger charge is 2.44. The van der Waals surface area contributed by atoms with E-state index in [1.165, 1.54) is 6.20 Å². The van der Waals surface area contributed by atoms with Gasteiger partial charge in [0.1, 0.15) is 18.4 Å². The molecule has 184 valence electrons. The number of aromatic nitrogens is 2. The predicted octanol–water partition coefficient (Wildman–Crippen LogP) is -1.08. The summed E-state index contributed by atoms with van der Waals surface area (Å²) in [5.74, 6) is 4.85. The number of phosphoric acid groups is 3. The molecule has 1 saturated heterocycles. The fourth-order valence-corrected chi connectivity index (χ4v) is 5.69. The molecule has 0 spiro atoms. The van der Waals surface area contributed by atoms with E-state index < -0.39 is 59.8 Å². The molecule has 1 aliphatic heterocycles. The van der Waals surface area contributed by atoms with Crippen LogP contribution >= 0.6 is 23.5 Å². The summed E-state index contributed by atoms with van der Waals surface area (Å²) < 4.78 is 52.1. The molecule has 1 aromatic rings. The molecule has 2 rings (SSSR count). The number of aromatic amines is 1. The molecule has 0 bridgehead atoms. The van der Waals surface area contributed by atoms with E-state index in [2.05, 4.69) is 23.1 Å². The lowest BCUT2D eigenvalue weighted by molar-refractivity contribution is -0.335. The maximum Gasteiger partial charge on any atom is 0.490 e. The van der Waals surface area contributed by atoms with Gasteiger partial charge in [-0.3, -0.25) is 18.9 Å². The lowest BCUT2D eigenvalue weighted by Crippen LogP contribution is -2.34. The summed E-state index contributed by atoms with van der Waals surface area (Å²) in [6, 6.07) is 0. The van der Waals surface area contributed by atoms with E-state index in [9.17, 15) is 28.2 Å². The second kappa shape index (κ2) is 10.5. The van der Waals surface area contributed by atoms with Crippen LogP contribution in [0.25, 0.3) is 0 Å². The van der Waals surface area contributed by atoms with Crippen molar-refractivity contribution in [1.82, 2.24) is 9.55 Å². The zero-order chi connectivity index (χ0) is 24.3. The van der Waals surface area contributed by atoms with Crippen molar-refractivity contribution in [3.8, 4) is 0 Å². The van der Waals surface area contributed by atoms with Crippen LogP contribution in [-0.2, 0) is 47.9 Å². The summed E-state index contributed by atoms with van der Waals surface area (Å²) in [4.78, 5) is 70.5. The number of phosphoric ester groups is 1. The molecule has 0 aliphatic carbocycles. The molecule has 1 fully saturated rings. The van der Waals surface area contributed by atoms with Crippen molar-refractivity contribution in [2.45, 2.75) is 38.2 Å². The minimum atomic E-state index is -5.70. The molecule has 18 nitrogen and oxygen atoms in total. The van der Waals surface area contributed by atoms with E-state index in [-0.39, 0.29) is 12.0 Å². The fourth-order valence-electron chi connectivity index (χ4n) is 2.66. The minimum absolute atomic E-state index is 0.114. The maximum absolute atomic E-state index is 12.1. The van der Waals surface area contributed by atoms with Gasteiger partial charge in [0, 0.05) is 18.2 Å². The Balaban J connectivity index is 2.13. The largest absolute Gasteiger partial charge is 0.490 e. The Kier molecular flexibility index (Phi) is 8.89. The van der Waals surface area contributed by atoms with E-state index in [0.717, 1.165) is 4.57 Å². The summed E-state index contributed by atoms with van der Waals surface area (Å²) >= 11 is 0. The van der Waals surface area contributed by atoms with Crippen LogP contribution in [0.1, 0.15) is 25.1 Å². The summed E-state index contributed by atoms with van der Waals surface area (Å²) in [5, 5.41) is 0. The number of nitrogens with two attached hydrogens (primary N) is 1. The minimum Gasteiger partial charge on any atom is -0.349 e. The van der Waals surface area contributed by atoms with Crippen LogP contribution in [0.5, 0.6) is 0 Å². The van der Waals surface area contributed by atoms with Gasteiger partial charge in [-0.05, 0) is 6.42 Å². The van der Waals surface area contributed by atoms with Gasteiger partial charge in [-0.25, -0.2) is 23.4 Å². The highest BCUT2D eigenvalue weighted by molar-refractivity contribution is 7.66. The number of H-pyrrole nitrogens is 1. The average Bonchev–Trinajstić information content (AvgIpc) is 3.00. The van der Waals surface area contributed by atoms with Crippen LogP contribution in [0.15, 0.2) is 15.8 Å². The number of nitrogens with zero attached hydrogens (tertiary/aromatic N) is 1. The van der Waals surface area contributed by atoms with Gasteiger partial charge < -0.3 is 24.3 Å². The molecular formula is C11H20N3O15P3. The van der Waals surface area contributed by atoms with Crippen LogP contribution in [-0.4, -0.2) is 47.9 Å². The molecule has 0 saturated carbocycles. The van der Waals surface area contributed by atoms with E-state index in [1.807, 2.05) is 0 Å². The molecule has 32 heavy (non-hydrogen) atoms. The fraction of sp³-hybridized carbons (Fsp3) is 0.636. The molecule has 21 heteroatoms. The number of aryl methyl sites for hydroxylation is 1. The number of rotatable bonds is 11. The predicted molar refractivity (Wildman–Crippen MR) is 99.2 cm³/mol. The van der Waals surface area contributed by atoms with E-state index in [4.69, 9.17) is 30.2 Å². The van der Waals surface area contributed by atoms with Crippen LogP contribution in [0.2, 0.25) is 0 Å². The molecule has 1 aromatic heterocycles. The van der Waals surface area contributed by atoms with Gasteiger partial charge in [0.25, 0.3) is 5.56 Å². The first-order valence-corrected chi connectivity index (χ1v) is 13.0. The SMILES string of the molecule is CCc1cn([C@H]2C[C@H](OON)[C@@H](COP(=O)(O)OP(=O)(O)OP(=O)(O)O)O2)c(=O)[nH]c1=O. The Labute approximate surface area is 178 Å². The quantitative estimate of drug-likeness (QED) is 0.113. The lowest BCUT2D eigenvalue weighted by atomic mass is 10.2. The number of nitrogens with one attached hydrogen (secondary N) is 1. The van der Waals surface area contributed by atoms with Crippen LogP contribution in [0.4, 0.5) is 0 Å². The Hall–Kier alpha value is -1.07. The molecule has 0 amide bonds. The first-order chi connectivity index (χ1) is 14.7. The zero-order valence-electron chi connectivity index (χ0n) is 16.1. The summed E-state index contributed by atoms with van der Waals surface area (Å²) in [5.41, 5.74) is -1.15. The molecule has 5 atom stereocenters. The van der Waals surface area contributed by atoms with Gasteiger partial charge >= 0.3 is 29.2 Å². The molecule has 1 aliphatic rings. The molecule has 7 N–H and O–H groups in total. The highest BCUT2D eigenvalue weighted by Crippen LogP contribution is 2.66. The highest BCUT2D eigenvalue weighted by atomic mass is 31.3. The van der Waals surface area contributed by atoms with Gasteiger partial charge in [-0.15, -0.1) is 4.99 Å². The monoisotopic (exact) mass is 527 g/mol. The van der Waals surface area contributed by atoms with Crippen molar-refractivity contribution >= 4 is 23.5 Å². The van der Waals surface area contributed by atoms with Crippen molar-refractivity contribution in [3.05, 3.63) is 32.6 Å².